The fourth-order valence-corrected chi connectivity index (χ4v) is 4.03. The average Bonchev–Trinajstić information content (AvgIpc) is 2.42. The van der Waals surface area contributed by atoms with Gasteiger partial charge in [0, 0.05) is 19.1 Å². The number of nitrogens with two attached hydrogens (primary N) is 1. The lowest BCUT2D eigenvalue weighted by Crippen LogP contribution is -2.44. The molecule has 0 aromatic heterocycles. The normalized spacial score (nSPS) is 31.8. The first-order valence-electron chi connectivity index (χ1n) is 8.77. The Kier molecular flexibility index (Phi) is 9.15. The summed E-state index contributed by atoms with van der Waals surface area (Å²) in [5, 5.41) is 0. The van der Waals surface area contributed by atoms with Crippen LogP contribution in [0.3, 0.4) is 0 Å². The molecule has 1 aliphatic carbocycles. The molecule has 2 fully saturated rings. The van der Waals surface area contributed by atoms with Gasteiger partial charge >= 0.3 is 0 Å². The lowest BCUT2D eigenvalue weighted by atomic mass is 9.84. The maximum atomic E-state index is 6.30. The molecule has 3 atom stereocenters. The third-order valence-corrected chi connectivity index (χ3v) is 5.28. The monoisotopic (exact) mass is 302 g/mol. The molecule has 1 saturated heterocycles. The summed E-state index contributed by atoms with van der Waals surface area (Å²) in [5.74, 6) is 1.75. The van der Waals surface area contributed by atoms with Gasteiger partial charge in [-0.3, -0.25) is 0 Å². The van der Waals surface area contributed by atoms with Gasteiger partial charge in [-0.25, -0.2) is 0 Å². The third-order valence-electron chi connectivity index (χ3n) is 5.28. The van der Waals surface area contributed by atoms with Crippen LogP contribution in [0, 0.1) is 11.8 Å². The maximum Gasteiger partial charge on any atom is 0.00793 e. The van der Waals surface area contributed by atoms with Crippen molar-refractivity contribution in [3.8, 4) is 0 Å². The fraction of sp³-hybridized carbons (Fsp3) is 1.00. The number of halogens is 1. The molecule has 2 aliphatic rings. The predicted octanol–water partition coefficient (Wildman–Crippen LogP) is 4.22. The van der Waals surface area contributed by atoms with Gasteiger partial charge in [-0.2, -0.15) is 0 Å². The Labute approximate surface area is 132 Å². The van der Waals surface area contributed by atoms with Crippen molar-refractivity contribution in [1.82, 2.24) is 4.90 Å². The van der Waals surface area contributed by atoms with Crippen LogP contribution in [-0.4, -0.2) is 30.6 Å². The molecule has 0 unspecified atom stereocenters. The second kappa shape index (κ2) is 10.0. The van der Waals surface area contributed by atoms with Crippen molar-refractivity contribution in [2.75, 3.05) is 19.6 Å². The summed E-state index contributed by atoms with van der Waals surface area (Å²) in [6, 6.07) is 0.481. The highest BCUT2D eigenvalue weighted by Gasteiger charge is 2.26. The van der Waals surface area contributed by atoms with Gasteiger partial charge in [0.2, 0.25) is 0 Å². The van der Waals surface area contributed by atoms with Crippen molar-refractivity contribution >= 4 is 12.4 Å². The van der Waals surface area contributed by atoms with Crippen molar-refractivity contribution in [3.05, 3.63) is 0 Å². The number of unbranched alkanes of at least 4 members (excludes halogenated alkanes) is 2. The Hall–Kier alpha value is 0.210. The topological polar surface area (TPSA) is 29.3 Å². The second-order valence-electron chi connectivity index (χ2n) is 6.97. The van der Waals surface area contributed by atoms with Crippen LogP contribution in [-0.2, 0) is 0 Å². The maximum absolute atomic E-state index is 6.30. The first-order valence-corrected chi connectivity index (χ1v) is 8.77. The summed E-state index contributed by atoms with van der Waals surface area (Å²) in [7, 11) is 0. The van der Waals surface area contributed by atoms with E-state index in [1.807, 2.05) is 0 Å². The fourth-order valence-electron chi connectivity index (χ4n) is 4.03. The van der Waals surface area contributed by atoms with Crippen molar-refractivity contribution in [3.63, 3.8) is 0 Å². The van der Waals surface area contributed by atoms with Crippen LogP contribution in [0.4, 0.5) is 0 Å². The molecular formula is C17H35ClN2. The predicted molar refractivity (Wildman–Crippen MR) is 90.5 cm³/mol. The van der Waals surface area contributed by atoms with E-state index in [4.69, 9.17) is 5.73 Å². The van der Waals surface area contributed by atoms with E-state index in [1.165, 1.54) is 83.8 Å². The molecule has 0 amide bonds. The van der Waals surface area contributed by atoms with Crippen LogP contribution in [0.25, 0.3) is 0 Å². The standard InChI is InChI=1S/C17H34N2.ClH/c1-2-3-4-8-15-9-7-12-19(13-15)14-16-10-5-6-11-17(16)18;/h15-17H,2-14,18H2,1H3;1H/t15-,16-,17+;/m0./s1. The van der Waals surface area contributed by atoms with Crippen LogP contribution in [0.1, 0.15) is 71.1 Å². The summed E-state index contributed by atoms with van der Waals surface area (Å²) >= 11 is 0. The lowest BCUT2D eigenvalue weighted by Gasteiger charge is -2.38. The van der Waals surface area contributed by atoms with E-state index in [0.29, 0.717) is 6.04 Å². The van der Waals surface area contributed by atoms with Crippen molar-refractivity contribution < 1.29 is 0 Å². The quantitative estimate of drug-likeness (QED) is 0.744. The number of hydrogen-bond donors (Lipinski definition) is 1. The van der Waals surface area contributed by atoms with E-state index >= 15 is 0 Å². The molecule has 1 aliphatic heterocycles. The van der Waals surface area contributed by atoms with Crippen molar-refractivity contribution in [2.45, 2.75) is 77.2 Å². The Morgan fingerprint density at radius 2 is 1.85 bits per heavy atom. The first-order chi connectivity index (χ1) is 9.29. The Balaban J connectivity index is 0.00000200. The van der Waals surface area contributed by atoms with Crippen molar-refractivity contribution in [1.29, 1.82) is 0 Å². The highest BCUT2D eigenvalue weighted by atomic mass is 35.5. The van der Waals surface area contributed by atoms with Gasteiger partial charge in [0.05, 0.1) is 0 Å². The van der Waals surface area contributed by atoms with E-state index in [-0.39, 0.29) is 12.4 Å². The highest BCUT2D eigenvalue weighted by molar-refractivity contribution is 5.85. The SMILES string of the molecule is CCCCC[C@H]1CCCN(C[C@@H]2CCCC[C@H]2N)C1.Cl. The van der Waals surface area contributed by atoms with E-state index in [9.17, 15) is 0 Å². The van der Waals surface area contributed by atoms with Gasteiger partial charge in [-0.1, -0.05) is 39.0 Å². The van der Waals surface area contributed by atoms with Crippen LogP contribution < -0.4 is 5.73 Å². The molecular weight excluding hydrogens is 268 g/mol. The van der Waals surface area contributed by atoms with E-state index < -0.39 is 0 Å². The van der Waals surface area contributed by atoms with Crippen LogP contribution >= 0.6 is 12.4 Å². The zero-order chi connectivity index (χ0) is 13.5. The minimum Gasteiger partial charge on any atom is -0.327 e. The second-order valence-corrected chi connectivity index (χ2v) is 6.97. The van der Waals surface area contributed by atoms with E-state index in [2.05, 4.69) is 11.8 Å². The number of rotatable bonds is 6. The Morgan fingerprint density at radius 3 is 2.60 bits per heavy atom. The summed E-state index contributed by atoms with van der Waals surface area (Å²) in [6.45, 7) is 6.27. The number of likely N-dealkylation sites (tertiary alicyclic amines) is 1. The van der Waals surface area contributed by atoms with Gasteiger partial charge in [0.25, 0.3) is 0 Å². The molecule has 20 heavy (non-hydrogen) atoms. The van der Waals surface area contributed by atoms with Gasteiger partial charge in [-0.15, -0.1) is 12.4 Å². The first kappa shape index (κ1) is 18.3. The number of piperidine rings is 1. The molecule has 120 valence electrons. The van der Waals surface area contributed by atoms with Gasteiger partial charge in [0.1, 0.15) is 0 Å². The molecule has 2 nitrogen and oxygen atoms in total. The highest BCUT2D eigenvalue weighted by Crippen LogP contribution is 2.27. The molecule has 0 spiro atoms. The Morgan fingerprint density at radius 1 is 1.05 bits per heavy atom. The molecule has 1 heterocycles. The molecule has 0 radical (unpaired) electrons. The van der Waals surface area contributed by atoms with Crippen molar-refractivity contribution in [2.24, 2.45) is 17.6 Å². The van der Waals surface area contributed by atoms with Gasteiger partial charge < -0.3 is 10.6 Å². The lowest BCUT2D eigenvalue weighted by molar-refractivity contribution is 0.124. The summed E-state index contributed by atoms with van der Waals surface area (Å²) < 4.78 is 0. The number of nitrogens with zero attached hydrogens (tertiary/aromatic N) is 1. The summed E-state index contributed by atoms with van der Waals surface area (Å²) in [5.41, 5.74) is 6.30. The summed E-state index contributed by atoms with van der Waals surface area (Å²) in [6.07, 6.45) is 14.0. The molecule has 2 rings (SSSR count). The van der Waals surface area contributed by atoms with Crippen LogP contribution in [0.5, 0.6) is 0 Å². The molecule has 2 N–H and O–H groups in total. The number of hydrogen-bond acceptors (Lipinski definition) is 2. The van der Waals surface area contributed by atoms with Crippen LogP contribution in [0.2, 0.25) is 0 Å². The smallest absolute Gasteiger partial charge is 0.00793 e. The third kappa shape index (κ3) is 5.91. The zero-order valence-electron chi connectivity index (χ0n) is 13.4. The minimum atomic E-state index is 0. The van der Waals surface area contributed by atoms with E-state index in [0.717, 1.165) is 11.8 Å². The summed E-state index contributed by atoms with van der Waals surface area (Å²) in [4.78, 5) is 2.73. The zero-order valence-corrected chi connectivity index (χ0v) is 14.2. The van der Waals surface area contributed by atoms with E-state index in [1.54, 1.807) is 0 Å². The molecule has 0 bridgehead atoms. The molecule has 0 aromatic rings. The molecule has 0 aromatic carbocycles. The Bertz CT molecular complexity index is 247. The minimum absolute atomic E-state index is 0. The molecule has 1 saturated carbocycles. The van der Waals surface area contributed by atoms with Crippen LogP contribution in [0.15, 0.2) is 0 Å². The van der Waals surface area contributed by atoms with Gasteiger partial charge in [-0.05, 0) is 50.5 Å². The van der Waals surface area contributed by atoms with Gasteiger partial charge in [0.15, 0.2) is 0 Å². The average molecular weight is 303 g/mol. The molecule has 3 heteroatoms. The largest absolute Gasteiger partial charge is 0.327 e.